The van der Waals surface area contributed by atoms with Crippen molar-refractivity contribution in [2.75, 3.05) is 0 Å². The van der Waals surface area contributed by atoms with Crippen molar-refractivity contribution in [1.82, 2.24) is 0 Å². The van der Waals surface area contributed by atoms with E-state index in [4.69, 9.17) is 4.74 Å². The smallest absolute Gasteiger partial charge is 0.309 e. The van der Waals surface area contributed by atoms with Crippen LogP contribution in [-0.4, -0.2) is 11.6 Å². The lowest BCUT2D eigenvalue weighted by Crippen LogP contribution is -2.29. The number of esters is 1. The lowest BCUT2D eigenvalue weighted by molar-refractivity contribution is -0.159. The Hall–Kier alpha value is -0.530. The van der Waals surface area contributed by atoms with E-state index in [1.807, 2.05) is 0 Å². The summed E-state index contributed by atoms with van der Waals surface area (Å²) in [6, 6.07) is 0. The lowest BCUT2D eigenvalue weighted by atomic mass is 10.1. The number of hydrogen-bond donors (Lipinski definition) is 0. The molecule has 2 nitrogen and oxygen atoms in total. The van der Waals surface area contributed by atoms with Crippen molar-refractivity contribution in [3.05, 3.63) is 0 Å². The molecule has 13 heavy (non-hydrogen) atoms. The Labute approximate surface area is 79.7 Å². The predicted molar refractivity (Wildman–Crippen MR) is 50.2 cm³/mol. The van der Waals surface area contributed by atoms with Gasteiger partial charge in [-0.2, -0.15) is 0 Å². The minimum absolute atomic E-state index is 0.0527. The second-order valence-electron chi connectivity index (χ2n) is 4.90. The first kappa shape index (κ1) is 9.04. The van der Waals surface area contributed by atoms with Gasteiger partial charge in [-0.1, -0.05) is 6.92 Å². The van der Waals surface area contributed by atoms with E-state index >= 15 is 0 Å². The van der Waals surface area contributed by atoms with Gasteiger partial charge >= 0.3 is 5.97 Å². The van der Waals surface area contributed by atoms with Gasteiger partial charge in [0, 0.05) is 0 Å². The van der Waals surface area contributed by atoms with Gasteiger partial charge in [0.15, 0.2) is 0 Å². The van der Waals surface area contributed by atoms with E-state index in [1.54, 1.807) is 0 Å². The molecule has 0 radical (unpaired) electrons. The van der Waals surface area contributed by atoms with Gasteiger partial charge in [0.2, 0.25) is 0 Å². The number of ether oxygens (including phenoxy) is 1. The summed E-state index contributed by atoms with van der Waals surface area (Å²) in [6.07, 6.45) is 5.57. The molecule has 74 valence electrons. The summed E-state index contributed by atoms with van der Waals surface area (Å²) in [5, 5.41) is 0. The van der Waals surface area contributed by atoms with Crippen molar-refractivity contribution in [3.63, 3.8) is 0 Å². The third-order valence-electron chi connectivity index (χ3n) is 3.42. The second-order valence-corrected chi connectivity index (χ2v) is 4.90. The van der Waals surface area contributed by atoms with E-state index in [2.05, 4.69) is 13.8 Å². The molecule has 0 amide bonds. The number of rotatable bonds is 2. The van der Waals surface area contributed by atoms with Gasteiger partial charge in [0.05, 0.1) is 5.92 Å². The van der Waals surface area contributed by atoms with Crippen molar-refractivity contribution < 1.29 is 9.53 Å². The highest BCUT2D eigenvalue weighted by molar-refractivity contribution is 5.76. The fourth-order valence-corrected chi connectivity index (χ4v) is 2.19. The predicted octanol–water partition coefficient (Wildman–Crippen LogP) is 2.52. The van der Waals surface area contributed by atoms with Gasteiger partial charge in [-0.05, 0) is 44.9 Å². The van der Waals surface area contributed by atoms with Crippen LogP contribution in [0.1, 0.15) is 46.0 Å². The second kappa shape index (κ2) is 3.00. The van der Waals surface area contributed by atoms with E-state index in [-0.39, 0.29) is 17.5 Å². The van der Waals surface area contributed by atoms with Gasteiger partial charge < -0.3 is 4.74 Å². The van der Waals surface area contributed by atoms with Gasteiger partial charge in [-0.3, -0.25) is 4.79 Å². The molecule has 2 atom stereocenters. The van der Waals surface area contributed by atoms with Crippen molar-refractivity contribution >= 4 is 5.97 Å². The first-order valence-corrected chi connectivity index (χ1v) is 5.34. The molecule has 0 saturated heterocycles. The minimum atomic E-state index is -0.126. The van der Waals surface area contributed by atoms with Crippen LogP contribution in [0.3, 0.4) is 0 Å². The Morgan fingerprint density at radius 2 is 1.92 bits per heavy atom. The van der Waals surface area contributed by atoms with Crippen LogP contribution < -0.4 is 0 Å². The van der Waals surface area contributed by atoms with Crippen LogP contribution in [0.15, 0.2) is 0 Å². The summed E-state index contributed by atoms with van der Waals surface area (Å²) in [4.78, 5) is 11.6. The molecule has 0 N–H and O–H groups in total. The average Bonchev–Trinajstić information content (AvgIpc) is 2.63. The highest BCUT2D eigenvalue weighted by atomic mass is 16.6. The third kappa shape index (κ3) is 1.87. The van der Waals surface area contributed by atoms with Crippen LogP contribution >= 0.6 is 0 Å². The van der Waals surface area contributed by atoms with E-state index in [1.165, 1.54) is 12.8 Å². The zero-order valence-electron chi connectivity index (χ0n) is 8.51. The molecule has 2 aliphatic rings. The largest absolute Gasteiger partial charge is 0.459 e. The maximum atomic E-state index is 11.6. The van der Waals surface area contributed by atoms with Crippen LogP contribution in [-0.2, 0) is 9.53 Å². The molecule has 2 heteroatoms. The van der Waals surface area contributed by atoms with E-state index in [0.29, 0.717) is 5.92 Å². The molecular formula is C11H18O2. The zero-order chi connectivity index (χ0) is 9.47. The standard InChI is InChI=1S/C11H18O2/c1-8-7-9(8)10(12)13-11(2)5-3-4-6-11/h8-9H,3-7H2,1-2H3/t8-,9-/m0/s1. The van der Waals surface area contributed by atoms with Crippen molar-refractivity contribution in [1.29, 1.82) is 0 Å². The summed E-state index contributed by atoms with van der Waals surface area (Å²) in [5.41, 5.74) is -0.126. The van der Waals surface area contributed by atoms with E-state index < -0.39 is 0 Å². The molecule has 0 aliphatic heterocycles. The van der Waals surface area contributed by atoms with Gasteiger partial charge in [0.25, 0.3) is 0 Å². The minimum Gasteiger partial charge on any atom is -0.459 e. The first-order chi connectivity index (χ1) is 6.11. The molecule has 0 aromatic heterocycles. The maximum Gasteiger partial charge on any atom is 0.309 e. The van der Waals surface area contributed by atoms with Gasteiger partial charge in [-0.25, -0.2) is 0 Å². The van der Waals surface area contributed by atoms with Crippen molar-refractivity contribution in [3.8, 4) is 0 Å². The fourth-order valence-electron chi connectivity index (χ4n) is 2.19. The van der Waals surface area contributed by atoms with Gasteiger partial charge in [0.1, 0.15) is 5.60 Å². The Morgan fingerprint density at radius 3 is 2.38 bits per heavy atom. The van der Waals surface area contributed by atoms with E-state index in [0.717, 1.165) is 19.3 Å². The molecule has 2 aliphatic carbocycles. The molecule has 0 aromatic rings. The maximum absolute atomic E-state index is 11.6. The Kier molecular flexibility index (Phi) is 2.09. The SMILES string of the molecule is C[C@H]1C[C@@H]1C(=O)OC1(C)CCCC1. The molecule has 0 heterocycles. The molecule has 0 aromatic carbocycles. The van der Waals surface area contributed by atoms with Crippen LogP contribution in [0.4, 0.5) is 0 Å². The van der Waals surface area contributed by atoms with Crippen molar-refractivity contribution in [2.45, 2.75) is 51.6 Å². The summed E-state index contributed by atoms with van der Waals surface area (Å²) < 4.78 is 5.55. The topological polar surface area (TPSA) is 26.3 Å². The van der Waals surface area contributed by atoms with Crippen LogP contribution in [0, 0.1) is 11.8 Å². The summed E-state index contributed by atoms with van der Waals surface area (Å²) >= 11 is 0. The number of hydrogen-bond acceptors (Lipinski definition) is 2. The van der Waals surface area contributed by atoms with Crippen LogP contribution in [0.2, 0.25) is 0 Å². The lowest BCUT2D eigenvalue weighted by Gasteiger charge is -2.24. The van der Waals surface area contributed by atoms with E-state index in [9.17, 15) is 4.79 Å². The molecule has 2 rings (SSSR count). The van der Waals surface area contributed by atoms with Crippen LogP contribution in [0.5, 0.6) is 0 Å². The normalized spacial score (nSPS) is 35.8. The summed E-state index contributed by atoms with van der Waals surface area (Å²) in [5.74, 6) is 0.840. The fraction of sp³-hybridized carbons (Fsp3) is 0.909. The molecule has 2 saturated carbocycles. The molecular weight excluding hydrogens is 164 g/mol. The summed E-state index contributed by atoms with van der Waals surface area (Å²) in [7, 11) is 0. The quantitative estimate of drug-likeness (QED) is 0.613. The average molecular weight is 182 g/mol. The molecule has 0 bridgehead atoms. The zero-order valence-corrected chi connectivity index (χ0v) is 8.51. The monoisotopic (exact) mass is 182 g/mol. The van der Waals surface area contributed by atoms with Gasteiger partial charge in [-0.15, -0.1) is 0 Å². The Morgan fingerprint density at radius 1 is 1.38 bits per heavy atom. The number of carbonyl (C=O) groups is 1. The third-order valence-corrected chi connectivity index (χ3v) is 3.42. The Balaban J connectivity index is 1.86. The first-order valence-electron chi connectivity index (χ1n) is 5.34. The summed E-state index contributed by atoms with van der Waals surface area (Å²) in [6.45, 7) is 4.19. The molecule has 2 fully saturated rings. The molecule has 0 unspecified atom stereocenters. The molecule has 0 spiro atoms. The number of carbonyl (C=O) groups excluding carboxylic acids is 1. The van der Waals surface area contributed by atoms with Crippen molar-refractivity contribution in [2.24, 2.45) is 11.8 Å². The Bertz CT molecular complexity index is 216. The highest BCUT2D eigenvalue weighted by Gasteiger charge is 2.43. The van der Waals surface area contributed by atoms with Crippen LogP contribution in [0.25, 0.3) is 0 Å². The highest BCUT2D eigenvalue weighted by Crippen LogP contribution is 2.41.